The van der Waals surface area contributed by atoms with Gasteiger partial charge in [-0.1, -0.05) is 41.6 Å². The van der Waals surface area contributed by atoms with E-state index in [-0.39, 0.29) is 18.1 Å². The Kier molecular flexibility index (Phi) is 3.92. The van der Waals surface area contributed by atoms with Gasteiger partial charge in [-0.05, 0) is 12.5 Å². The summed E-state index contributed by atoms with van der Waals surface area (Å²) in [6.45, 7) is 0.460. The number of fused-ring (bicyclic) bond motifs is 1. The molecule has 1 aliphatic rings. The molecule has 0 N–H and O–H groups in total. The molecule has 3 aromatic rings. The average molecular weight is 349 g/mol. The van der Waals surface area contributed by atoms with Gasteiger partial charge in [-0.25, -0.2) is 4.68 Å². The Bertz CT molecular complexity index is 984. The second kappa shape index (κ2) is 6.40. The normalized spacial score (nSPS) is 12.8. The summed E-state index contributed by atoms with van der Waals surface area (Å²) in [6, 6.07) is 14.4. The van der Waals surface area contributed by atoms with Crippen LogP contribution in [0.5, 0.6) is 0 Å². The monoisotopic (exact) mass is 349 g/mol. The molecule has 0 spiro atoms. The van der Waals surface area contributed by atoms with Crippen molar-refractivity contribution < 1.29 is 9.72 Å². The molecule has 0 saturated carbocycles. The number of nitro groups is 1. The van der Waals surface area contributed by atoms with Crippen LogP contribution in [0.15, 0.2) is 54.7 Å². The van der Waals surface area contributed by atoms with Crippen LogP contribution >= 0.6 is 0 Å². The Morgan fingerprint density at radius 1 is 1.15 bits per heavy atom. The third-order valence-corrected chi connectivity index (χ3v) is 4.41. The van der Waals surface area contributed by atoms with Crippen LogP contribution in [-0.2, 0) is 17.8 Å². The highest BCUT2D eigenvalue weighted by atomic mass is 16.6. The van der Waals surface area contributed by atoms with Crippen molar-refractivity contribution in [2.45, 2.75) is 13.0 Å². The molecule has 8 heteroatoms. The molecule has 0 saturated heterocycles. The molecule has 8 nitrogen and oxygen atoms in total. The highest BCUT2D eigenvalue weighted by Crippen LogP contribution is 2.34. The van der Waals surface area contributed by atoms with E-state index in [2.05, 4.69) is 10.3 Å². The standard InChI is InChI=1S/C18H15N5O3/c24-18(12-21-11-15(19-20-21)13-5-2-1-3-6-13)22-10-9-14-16(22)7-4-8-17(14)23(25)26/h1-8,11H,9-10,12H2. The highest BCUT2D eigenvalue weighted by molar-refractivity contribution is 5.96. The van der Waals surface area contributed by atoms with Crippen molar-refractivity contribution in [3.63, 3.8) is 0 Å². The van der Waals surface area contributed by atoms with Gasteiger partial charge in [0.2, 0.25) is 5.91 Å². The first-order valence-electron chi connectivity index (χ1n) is 8.15. The van der Waals surface area contributed by atoms with Crippen molar-refractivity contribution >= 4 is 17.3 Å². The lowest BCUT2D eigenvalue weighted by Gasteiger charge is -2.16. The minimum atomic E-state index is -0.406. The first-order valence-corrected chi connectivity index (χ1v) is 8.15. The molecule has 1 aliphatic heterocycles. The van der Waals surface area contributed by atoms with Gasteiger partial charge >= 0.3 is 0 Å². The SMILES string of the molecule is O=C(Cn1cc(-c2ccccc2)nn1)N1CCc2c1cccc2[N+](=O)[O-]. The van der Waals surface area contributed by atoms with Crippen LogP contribution in [0, 0.1) is 10.1 Å². The molecule has 130 valence electrons. The predicted octanol–water partition coefficient (Wildman–Crippen LogP) is 2.44. The van der Waals surface area contributed by atoms with Crippen LogP contribution < -0.4 is 4.90 Å². The molecule has 0 unspecified atom stereocenters. The molecule has 0 atom stereocenters. The van der Waals surface area contributed by atoms with Crippen molar-refractivity contribution in [3.05, 3.63) is 70.4 Å². The van der Waals surface area contributed by atoms with Gasteiger partial charge in [-0.2, -0.15) is 0 Å². The minimum Gasteiger partial charge on any atom is -0.310 e. The van der Waals surface area contributed by atoms with Gasteiger partial charge in [0.25, 0.3) is 5.69 Å². The summed E-state index contributed by atoms with van der Waals surface area (Å²) in [7, 11) is 0. The number of hydrogen-bond donors (Lipinski definition) is 0. The molecular weight excluding hydrogens is 334 g/mol. The molecular formula is C18H15N5O3. The van der Waals surface area contributed by atoms with Crippen molar-refractivity contribution in [1.82, 2.24) is 15.0 Å². The van der Waals surface area contributed by atoms with Crippen LogP contribution in [0.3, 0.4) is 0 Å². The number of nitrogens with zero attached hydrogens (tertiary/aromatic N) is 5. The maximum atomic E-state index is 12.7. The summed E-state index contributed by atoms with van der Waals surface area (Å²) in [5.41, 5.74) is 2.89. The number of carbonyl (C=O) groups excluding carboxylic acids is 1. The lowest BCUT2D eigenvalue weighted by Crippen LogP contribution is -2.32. The molecule has 2 heterocycles. The van der Waals surface area contributed by atoms with Gasteiger partial charge in [-0.3, -0.25) is 14.9 Å². The molecule has 26 heavy (non-hydrogen) atoms. The van der Waals surface area contributed by atoms with E-state index in [0.717, 1.165) is 5.56 Å². The number of hydrogen-bond acceptors (Lipinski definition) is 5. The molecule has 0 aliphatic carbocycles. The molecule has 1 amide bonds. The minimum absolute atomic E-state index is 0.0297. The van der Waals surface area contributed by atoms with E-state index in [4.69, 9.17) is 0 Å². The van der Waals surface area contributed by atoms with Gasteiger partial charge in [0, 0.05) is 18.2 Å². The van der Waals surface area contributed by atoms with Crippen LogP contribution in [0.2, 0.25) is 0 Å². The number of rotatable bonds is 4. The summed E-state index contributed by atoms with van der Waals surface area (Å²) in [4.78, 5) is 25.0. The molecule has 0 radical (unpaired) electrons. The lowest BCUT2D eigenvalue weighted by atomic mass is 10.1. The summed E-state index contributed by atoms with van der Waals surface area (Å²) < 4.78 is 1.49. The molecule has 0 fully saturated rings. The van der Waals surface area contributed by atoms with E-state index in [1.165, 1.54) is 10.7 Å². The van der Waals surface area contributed by atoms with Gasteiger partial charge < -0.3 is 4.90 Å². The summed E-state index contributed by atoms with van der Waals surface area (Å²) >= 11 is 0. The number of nitro benzene ring substituents is 1. The fourth-order valence-corrected chi connectivity index (χ4v) is 3.19. The van der Waals surface area contributed by atoms with E-state index < -0.39 is 4.92 Å². The van der Waals surface area contributed by atoms with Gasteiger partial charge in [-0.15, -0.1) is 5.10 Å². The molecule has 4 rings (SSSR count). The second-order valence-electron chi connectivity index (χ2n) is 5.99. The van der Waals surface area contributed by atoms with E-state index >= 15 is 0 Å². The Balaban J connectivity index is 1.54. The summed E-state index contributed by atoms with van der Waals surface area (Å²) in [6.07, 6.45) is 2.20. The Hall–Kier alpha value is -3.55. The largest absolute Gasteiger partial charge is 0.310 e. The zero-order valence-corrected chi connectivity index (χ0v) is 13.8. The first-order chi connectivity index (χ1) is 12.6. The predicted molar refractivity (Wildman–Crippen MR) is 94.6 cm³/mol. The van der Waals surface area contributed by atoms with E-state index in [1.54, 1.807) is 23.2 Å². The van der Waals surface area contributed by atoms with Crippen molar-refractivity contribution in [1.29, 1.82) is 0 Å². The zero-order valence-electron chi connectivity index (χ0n) is 13.8. The highest BCUT2D eigenvalue weighted by Gasteiger charge is 2.30. The van der Waals surface area contributed by atoms with E-state index in [0.29, 0.717) is 29.9 Å². The summed E-state index contributed by atoms with van der Waals surface area (Å²) in [5, 5.41) is 19.3. The van der Waals surface area contributed by atoms with E-state index in [1.807, 2.05) is 30.3 Å². The average Bonchev–Trinajstić information content (AvgIpc) is 3.29. The second-order valence-corrected chi connectivity index (χ2v) is 5.99. The molecule has 2 aromatic carbocycles. The van der Waals surface area contributed by atoms with E-state index in [9.17, 15) is 14.9 Å². The quantitative estimate of drug-likeness (QED) is 0.533. The van der Waals surface area contributed by atoms with Crippen LogP contribution in [0.4, 0.5) is 11.4 Å². The first kappa shape index (κ1) is 15.9. The topological polar surface area (TPSA) is 94.2 Å². The number of anilines is 1. The zero-order chi connectivity index (χ0) is 18.1. The molecule has 0 bridgehead atoms. The van der Waals surface area contributed by atoms with Gasteiger partial charge in [0.15, 0.2) is 0 Å². The van der Waals surface area contributed by atoms with Gasteiger partial charge in [0.05, 0.1) is 22.4 Å². The number of amides is 1. The fourth-order valence-electron chi connectivity index (χ4n) is 3.19. The fraction of sp³-hybridized carbons (Fsp3) is 0.167. The Labute approximate surface area is 148 Å². The van der Waals surface area contributed by atoms with Gasteiger partial charge in [0.1, 0.15) is 12.2 Å². The maximum Gasteiger partial charge on any atom is 0.274 e. The Morgan fingerprint density at radius 2 is 1.96 bits per heavy atom. The smallest absolute Gasteiger partial charge is 0.274 e. The third kappa shape index (κ3) is 2.81. The van der Waals surface area contributed by atoms with Crippen molar-refractivity contribution in [2.24, 2.45) is 0 Å². The van der Waals surface area contributed by atoms with Crippen LogP contribution in [0.25, 0.3) is 11.3 Å². The number of aromatic nitrogens is 3. The Morgan fingerprint density at radius 3 is 2.73 bits per heavy atom. The van der Waals surface area contributed by atoms with Crippen molar-refractivity contribution in [3.8, 4) is 11.3 Å². The number of benzene rings is 2. The molecule has 1 aromatic heterocycles. The lowest BCUT2D eigenvalue weighted by molar-refractivity contribution is -0.385. The van der Waals surface area contributed by atoms with Crippen molar-refractivity contribution in [2.75, 3.05) is 11.4 Å². The summed E-state index contributed by atoms with van der Waals surface area (Å²) in [5.74, 6) is -0.172. The number of carbonyl (C=O) groups is 1. The third-order valence-electron chi connectivity index (χ3n) is 4.41. The van der Waals surface area contributed by atoms with Crippen LogP contribution in [0.1, 0.15) is 5.56 Å². The van der Waals surface area contributed by atoms with Crippen LogP contribution in [-0.4, -0.2) is 32.4 Å². The maximum absolute atomic E-state index is 12.7.